The van der Waals surface area contributed by atoms with E-state index in [1.54, 1.807) is 11.3 Å². The van der Waals surface area contributed by atoms with Crippen molar-refractivity contribution in [2.75, 3.05) is 0 Å². The topological polar surface area (TPSA) is 29.9 Å². The molecule has 0 saturated carbocycles. The summed E-state index contributed by atoms with van der Waals surface area (Å²) in [6.45, 7) is 1.76. The van der Waals surface area contributed by atoms with Gasteiger partial charge in [-0.15, -0.1) is 23.7 Å². The lowest BCUT2D eigenvalue weighted by Gasteiger charge is -1.99. The summed E-state index contributed by atoms with van der Waals surface area (Å²) in [4.78, 5) is 1.36. The Labute approximate surface area is 99.5 Å². The molecule has 0 aliphatic carbocycles. The lowest BCUT2D eigenvalue weighted by atomic mass is 10.4. The number of nitrogens with one attached hydrogen (secondary N) is 1. The number of rotatable bonds is 4. The first-order chi connectivity index (χ1) is 6.84. The highest BCUT2D eigenvalue weighted by Crippen LogP contribution is 2.07. The van der Waals surface area contributed by atoms with Crippen molar-refractivity contribution in [2.45, 2.75) is 13.1 Å². The molecule has 0 bridgehead atoms. The number of halogens is 1. The van der Waals surface area contributed by atoms with Crippen LogP contribution >= 0.6 is 23.7 Å². The molecule has 0 radical (unpaired) electrons. The highest BCUT2D eigenvalue weighted by Gasteiger charge is 1.96. The molecular weight excluding hydrogens is 230 g/mol. The van der Waals surface area contributed by atoms with Crippen LogP contribution in [0.15, 0.2) is 29.8 Å². The van der Waals surface area contributed by atoms with Crippen LogP contribution in [-0.2, 0) is 20.1 Å². The molecule has 0 spiro atoms. The molecular formula is C10H14ClN3S. The Morgan fingerprint density at radius 3 is 2.87 bits per heavy atom. The van der Waals surface area contributed by atoms with E-state index in [2.05, 4.69) is 27.9 Å². The van der Waals surface area contributed by atoms with Crippen molar-refractivity contribution in [1.29, 1.82) is 0 Å². The number of nitrogens with zero attached hydrogens (tertiary/aromatic N) is 2. The van der Waals surface area contributed by atoms with Gasteiger partial charge < -0.3 is 5.32 Å². The lowest BCUT2D eigenvalue weighted by Crippen LogP contribution is -2.12. The molecule has 0 saturated heterocycles. The zero-order valence-corrected chi connectivity index (χ0v) is 10.1. The molecule has 82 valence electrons. The van der Waals surface area contributed by atoms with Crippen LogP contribution in [0.1, 0.15) is 10.6 Å². The predicted octanol–water partition coefficient (Wildman–Crippen LogP) is 2.19. The van der Waals surface area contributed by atoms with Crippen molar-refractivity contribution < 1.29 is 0 Å². The second-order valence-electron chi connectivity index (χ2n) is 3.16. The van der Waals surface area contributed by atoms with Gasteiger partial charge in [0.25, 0.3) is 0 Å². The quantitative estimate of drug-likeness (QED) is 0.892. The Morgan fingerprint density at radius 1 is 1.40 bits per heavy atom. The number of hydrogen-bond donors (Lipinski definition) is 1. The van der Waals surface area contributed by atoms with Gasteiger partial charge in [0.1, 0.15) is 0 Å². The second kappa shape index (κ2) is 5.90. The third kappa shape index (κ3) is 3.66. The zero-order valence-electron chi connectivity index (χ0n) is 8.51. The van der Waals surface area contributed by atoms with E-state index in [4.69, 9.17) is 0 Å². The maximum Gasteiger partial charge on any atom is 0.0762 e. The van der Waals surface area contributed by atoms with Crippen LogP contribution in [0.5, 0.6) is 0 Å². The Morgan fingerprint density at radius 2 is 2.27 bits per heavy atom. The Kier molecular flexibility index (Phi) is 4.81. The van der Waals surface area contributed by atoms with Crippen LogP contribution < -0.4 is 5.32 Å². The van der Waals surface area contributed by atoms with Crippen LogP contribution in [0.4, 0.5) is 0 Å². The highest BCUT2D eigenvalue weighted by atomic mass is 35.5. The van der Waals surface area contributed by atoms with Gasteiger partial charge in [0, 0.05) is 31.2 Å². The predicted molar refractivity (Wildman–Crippen MR) is 65.3 cm³/mol. The Hall–Kier alpha value is -0.840. The minimum Gasteiger partial charge on any atom is -0.306 e. The first kappa shape index (κ1) is 12.2. The van der Waals surface area contributed by atoms with E-state index < -0.39 is 0 Å². The van der Waals surface area contributed by atoms with Crippen molar-refractivity contribution in [3.63, 3.8) is 0 Å². The smallest absolute Gasteiger partial charge is 0.0762 e. The molecule has 0 atom stereocenters. The van der Waals surface area contributed by atoms with E-state index in [1.165, 1.54) is 4.88 Å². The van der Waals surface area contributed by atoms with Crippen LogP contribution in [0.2, 0.25) is 0 Å². The summed E-state index contributed by atoms with van der Waals surface area (Å²) in [6.07, 6.45) is 1.96. The van der Waals surface area contributed by atoms with Gasteiger partial charge in [-0.2, -0.15) is 5.10 Å². The van der Waals surface area contributed by atoms with Gasteiger partial charge in [0.05, 0.1) is 5.69 Å². The Bertz CT molecular complexity index is 383. The fourth-order valence-corrected chi connectivity index (χ4v) is 1.96. The van der Waals surface area contributed by atoms with E-state index in [0.29, 0.717) is 0 Å². The molecule has 2 rings (SSSR count). The summed E-state index contributed by atoms with van der Waals surface area (Å²) >= 11 is 1.78. The third-order valence-corrected chi connectivity index (χ3v) is 2.83. The van der Waals surface area contributed by atoms with Crippen LogP contribution in [-0.4, -0.2) is 9.78 Å². The van der Waals surface area contributed by atoms with Gasteiger partial charge in [-0.3, -0.25) is 4.68 Å². The molecule has 2 aromatic heterocycles. The minimum absolute atomic E-state index is 0. The molecule has 2 heterocycles. The zero-order chi connectivity index (χ0) is 9.80. The molecule has 2 aromatic rings. The van der Waals surface area contributed by atoms with Crippen molar-refractivity contribution in [2.24, 2.45) is 7.05 Å². The molecule has 0 aromatic carbocycles. The van der Waals surface area contributed by atoms with Crippen LogP contribution in [0, 0.1) is 0 Å². The molecule has 5 heteroatoms. The molecule has 15 heavy (non-hydrogen) atoms. The normalized spacial score (nSPS) is 9.93. The summed E-state index contributed by atoms with van der Waals surface area (Å²) in [6, 6.07) is 6.24. The summed E-state index contributed by atoms with van der Waals surface area (Å²) in [5.74, 6) is 0. The molecule has 3 nitrogen and oxygen atoms in total. The second-order valence-corrected chi connectivity index (χ2v) is 4.20. The maximum absolute atomic E-state index is 4.29. The fraction of sp³-hybridized carbons (Fsp3) is 0.300. The van der Waals surface area contributed by atoms with Crippen molar-refractivity contribution in [3.05, 3.63) is 40.3 Å². The standard InChI is InChI=1S/C10H13N3S.ClH/c1-13-5-4-9(12-13)7-11-8-10-3-2-6-14-10;/h2-6,11H,7-8H2,1H3;1H. The average molecular weight is 244 g/mol. The number of hydrogen-bond acceptors (Lipinski definition) is 3. The van der Waals surface area contributed by atoms with E-state index in [9.17, 15) is 0 Å². The average Bonchev–Trinajstić information content (AvgIpc) is 2.77. The van der Waals surface area contributed by atoms with E-state index >= 15 is 0 Å². The number of thiophene rings is 1. The molecule has 0 amide bonds. The van der Waals surface area contributed by atoms with Gasteiger partial charge in [-0.1, -0.05) is 6.07 Å². The van der Waals surface area contributed by atoms with Crippen LogP contribution in [0.3, 0.4) is 0 Å². The van der Waals surface area contributed by atoms with Gasteiger partial charge in [-0.25, -0.2) is 0 Å². The summed E-state index contributed by atoms with van der Waals surface area (Å²) in [7, 11) is 1.93. The first-order valence-electron chi connectivity index (χ1n) is 4.56. The van der Waals surface area contributed by atoms with Crippen molar-refractivity contribution in [1.82, 2.24) is 15.1 Å². The largest absolute Gasteiger partial charge is 0.306 e. The fourth-order valence-electron chi connectivity index (χ4n) is 1.28. The molecule has 1 N–H and O–H groups in total. The van der Waals surface area contributed by atoms with Gasteiger partial charge in [0.15, 0.2) is 0 Å². The molecule has 0 aliphatic heterocycles. The SMILES string of the molecule is Cl.Cn1ccc(CNCc2cccs2)n1. The molecule has 0 unspecified atom stereocenters. The Balaban J connectivity index is 0.00000112. The summed E-state index contributed by atoms with van der Waals surface area (Å²) in [5.41, 5.74) is 1.09. The van der Waals surface area contributed by atoms with Crippen LogP contribution in [0.25, 0.3) is 0 Å². The number of aryl methyl sites for hydroxylation is 1. The van der Waals surface area contributed by atoms with E-state index in [-0.39, 0.29) is 12.4 Å². The van der Waals surface area contributed by atoms with E-state index in [1.807, 2.05) is 24.0 Å². The lowest BCUT2D eigenvalue weighted by molar-refractivity contribution is 0.661. The third-order valence-electron chi connectivity index (χ3n) is 1.95. The summed E-state index contributed by atoms with van der Waals surface area (Å²) < 4.78 is 1.82. The van der Waals surface area contributed by atoms with Crippen molar-refractivity contribution in [3.8, 4) is 0 Å². The number of aromatic nitrogens is 2. The minimum atomic E-state index is 0. The first-order valence-corrected chi connectivity index (χ1v) is 5.44. The highest BCUT2D eigenvalue weighted by molar-refractivity contribution is 7.09. The molecule has 0 aliphatic rings. The monoisotopic (exact) mass is 243 g/mol. The molecule has 0 fully saturated rings. The van der Waals surface area contributed by atoms with Crippen molar-refractivity contribution >= 4 is 23.7 Å². The maximum atomic E-state index is 4.29. The van der Waals surface area contributed by atoms with E-state index in [0.717, 1.165) is 18.8 Å². The van der Waals surface area contributed by atoms with Gasteiger partial charge >= 0.3 is 0 Å². The summed E-state index contributed by atoms with van der Waals surface area (Å²) in [5, 5.41) is 9.73. The van der Waals surface area contributed by atoms with Gasteiger partial charge in [0.2, 0.25) is 0 Å². The van der Waals surface area contributed by atoms with Gasteiger partial charge in [-0.05, 0) is 17.5 Å².